The summed E-state index contributed by atoms with van der Waals surface area (Å²) in [7, 11) is 1.58. The first-order valence-electron chi connectivity index (χ1n) is 11.1. The van der Waals surface area contributed by atoms with E-state index in [1.165, 1.54) is 0 Å². The van der Waals surface area contributed by atoms with Gasteiger partial charge in [-0.25, -0.2) is 0 Å². The smallest absolute Gasteiger partial charge is 0.253 e. The number of carbonyl (C=O) groups excluding carboxylic acids is 2. The Kier molecular flexibility index (Phi) is 7.51. The molecule has 6 nitrogen and oxygen atoms in total. The van der Waals surface area contributed by atoms with Crippen molar-refractivity contribution < 1.29 is 14.7 Å². The highest BCUT2D eigenvalue weighted by Crippen LogP contribution is 2.21. The van der Waals surface area contributed by atoms with Crippen molar-refractivity contribution in [1.82, 2.24) is 15.6 Å². The first kappa shape index (κ1) is 24.1. The van der Waals surface area contributed by atoms with Gasteiger partial charge in [0.05, 0.1) is 23.2 Å². The lowest BCUT2D eigenvalue weighted by Gasteiger charge is -2.17. The van der Waals surface area contributed by atoms with E-state index in [-0.39, 0.29) is 24.0 Å². The first-order chi connectivity index (χ1) is 17.0. The molecule has 0 spiro atoms. The molecular weight excluding hydrogens is 462 g/mol. The molecule has 1 aromatic heterocycles. The molecule has 7 heteroatoms. The number of rotatable bonds is 6. The molecule has 3 aromatic carbocycles. The Morgan fingerprint density at radius 1 is 1.00 bits per heavy atom. The number of H-pyrrole nitrogens is 1. The number of benzene rings is 3. The normalized spacial score (nSPS) is 11.4. The van der Waals surface area contributed by atoms with Crippen LogP contribution in [0, 0.1) is 11.8 Å². The SMILES string of the molecule is CNC(=O)c1ccc(C#Cc2ccc(Cl)c(C(=O)N[C@@H](CO)Cc3c[nH]c4ccccc34)c2)cc1. The number of nitrogens with one attached hydrogen (secondary N) is 3. The Hall–Kier alpha value is -4.05. The van der Waals surface area contributed by atoms with Crippen LogP contribution in [0.4, 0.5) is 0 Å². The number of carbonyl (C=O) groups is 2. The minimum atomic E-state index is -0.480. The third-order valence-corrected chi connectivity index (χ3v) is 5.96. The number of fused-ring (bicyclic) bond motifs is 1. The molecule has 0 aliphatic rings. The maximum absolute atomic E-state index is 13.0. The molecule has 4 N–H and O–H groups in total. The van der Waals surface area contributed by atoms with Gasteiger partial charge in [-0.05, 0) is 60.5 Å². The second-order valence-electron chi connectivity index (χ2n) is 8.02. The predicted octanol–water partition coefficient (Wildman–Crippen LogP) is 3.91. The Balaban J connectivity index is 1.48. The summed E-state index contributed by atoms with van der Waals surface area (Å²) < 4.78 is 0. The van der Waals surface area contributed by atoms with Crippen molar-refractivity contribution in [2.24, 2.45) is 0 Å². The highest BCUT2D eigenvalue weighted by atomic mass is 35.5. The van der Waals surface area contributed by atoms with Crippen LogP contribution in [-0.2, 0) is 6.42 Å². The molecule has 0 bridgehead atoms. The molecule has 0 aliphatic carbocycles. The highest BCUT2D eigenvalue weighted by molar-refractivity contribution is 6.33. The molecule has 1 heterocycles. The van der Waals surface area contributed by atoms with Gasteiger partial charge >= 0.3 is 0 Å². The standard InChI is InChI=1S/C28H24ClN3O3/c1-30-27(34)20-11-8-18(9-12-20)6-7-19-10-13-25(29)24(14-19)28(35)32-22(17-33)15-21-16-31-26-5-3-2-4-23(21)26/h2-5,8-14,16,22,31,33H,15,17H2,1H3,(H,30,34)(H,32,35)/t22-/m1/s1. The number of aromatic nitrogens is 1. The van der Waals surface area contributed by atoms with Gasteiger partial charge in [0.25, 0.3) is 11.8 Å². The summed E-state index contributed by atoms with van der Waals surface area (Å²) in [6.45, 7) is -0.214. The third kappa shape index (κ3) is 5.72. The zero-order valence-corrected chi connectivity index (χ0v) is 19.8. The van der Waals surface area contributed by atoms with Crippen molar-refractivity contribution in [3.05, 3.63) is 106 Å². The summed E-state index contributed by atoms with van der Waals surface area (Å²) in [6, 6.07) is 19.3. The molecule has 4 aromatic rings. The van der Waals surface area contributed by atoms with Crippen molar-refractivity contribution in [2.75, 3.05) is 13.7 Å². The van der Waals surface area contributed by atoms with Crippen LogP contribution in [-0.4, -0.2) is 41.6 Å². The summed E-state index contributed by atoms with van der Waals surface area (Å²) in [5.41, 5.74) is 4.20. The van der Waals surface area contributed by atoms with E-state index in [0.717, 1.165) is 22.0 Å². The third-order valence-electron chi connectivity index (χ3n) is 5.63. The lowest BCUT2D eigenvalue weighted by Crippen LogP contribution is -2.39. The van der Waals surface area contributed by atoms with Crippen LogP contribution in [0.3, 0.4) is 0 Å². The molecular formula is C28H24ClN3O3. The summed E-state index contributed by atoms with van der Waals surface area (Å²) in [5.74, 6) is 5.51. The molecule has 0 aliphatic heterocycles. The Morgan fingerprint density at radius 2 is 1.71 bits per heavy atom. The van der Waals surface area contributed by atoms with E-state index in [1.807, 2.05) is 30.5 Å². The fourth-order valence-electron chi connectivity index (χ4n) is 3.76. The first-order valence-corrected chi connectivity index (χ1v) is 11.5. The van der Waals surface area contributed by atoms with Crippen molar-refractivity contribution in [2.45, 2.75) is 12.5 Å². The van der Waals surface area contributed by atoms with Gasteiger partial charge in [-0.2, -0.15) is 0 Å². The Morgan fingerprint density at radius 3 is 2.46 bits per heavy atom. The van der Waals surface area contributed by atoms with Crippen LogP contribution in [0.5, 0.6) is 0 Å². The van der Waals surface area contributed by atoms with E-state index >= 15 is 0 Å². The fraction of sp³-hybridized carbons (Fsp3) is 0.143. The molecule has 0 radical (unpaired) electrons. The zero-order valence-electron chi connectivity index (χ0n) is 19.1. The van der Waals surface area contributed by atoms with Crippen LogP contribution in [0.15, 0.2) is 72.9 Å². The molecule has 0 fully saturated rings. The van der Waals surface area contributed by atoms with Crippen molar-refractivity contribution >= 4 is 34.3 Å². The van der Waals surface area contributed by atoms with Gasteiger partial charge in [0, 0.05) is 40.8 Å². The highest BCUT2D eigenvalue weighted by Gasteiger charge is 2.18. The van der Waals surface area contributed by atoms with Crippen LogP contribution in [0.1, 0.15) is 37.4 Å². The van der Waals surface area contributed by atoms with Crippen molar-refractivity contribution in [3.8, 4) is 11.8 Å². The molecule has 4 rings (SSSR count). The molecule has 0 unspecified atom stereocenters. The van der Waals surface area contributed by atoms with E-state index in [9.17, 15) is 14.7 Å². The van der Waals surface area contributed by atoms with Gasteiger partial charge in [-0.3, -0.25) is 9.59 Å². The Labute approximate surface area is 208 Å². The van der Waals surface area contributed by atoms with Gasteiger partial charge in [0.1, 0.15) is 0 Å². The molecule has 35 heavy (non-hydrogen) atoms. The summed E-state index contributed by atoms with van der Waals surface area (Å²) >= 11 is 6.30. The summed E-state index contributed by atoms with van der Waals surface area (Å²) in [5, 5.41) is 16.7. The molecule has 176 valence electrons. The predicted molar refractivity (Wildman–Crippen MR) is 138 cm³/mol. The number of aromatic amines is 1. The van der Waals surface area contributed by atoms with Gasteiger partial charge in [0.15, 0.2) is 0 Å². The lowest BCUT2D eigenvalue weighted by molar-refractivity contribution is 0.0915. The number of hydrogen-bond acceptors (Lipinski definition) is 3. The number of amides is 2. The second-order valence-corrected chi connectivity index (χ2v) is 8.42. The monoisotopic (exact) mass is 485 g/mol. The number of hydrogen-bond donors (Lipinski definition) is 4. The van der Waals surface area contributed by atoms with Crippen LogP contribution >= 0.6 is 11.6 Å². The van der Waals surface area contributed by atoms with Gasteiger partial charge < -0.3 is 20.7 Å². The van der Waals surface area contributed by atoms with E-state index in [2.05, 4.69) is 27.5 Å². The van der Waals surface area contributed by atoms with E-state index < -0.39 is 6.04 Å². The van der Waals surface area contributed by atoms with E-state index in [0.29, 0.717) is 22.6 Å². The largest absolute Gasteiger partial charge is 0.394 e. The minimum absolute atomic E-state index is 0.163. The topological polar surface area (TPSA) is 94.2 Å². The quantitative estimate of drug-likeness (QED) is 0.312. The van der Waals surface area contributed by atoms with E-state index in [4.69, 9.17) is 11.6 Å². The summed E-state index contributed by atoms with van der Waals surface area (Å²) in [6.07, 6.45) is 2.36. The van der Waals surface area contributed by atoms with Gasteiger partial charge in [0.2, 0.25) is 0 Å². The van der Waals surface area contributed by atoms with Crippen molar-refractivity contribution in [3.63, 3.8) is 0 Å². The zero-order chi connectivity index (χ0) is 24.8. The average Bonchev–Trinajstić information content (AvgIpc) is 3.30. The van der Waals surface area contributed by atoms with Crippen LogP contribution in [0.25, 0.3) is 10.9 Å². The fourth-order valence-corrected chi connectivity index (χ4v) is 3.96. The summed E-state index contributed by atoms with van der Waals surface area (Å²) in [4.78, 5) is 27.9. The average molecular weight is 486 g/mol. The number of halogens is 1. The van der Waals surface area contributed by atoms with Crippen molar-refractivity contribution in [1.29, 1.82) is 0 Å². The molecule has 0 saturated carbocycles. The van der Waals surface area contributed by atoms with Gasteiger partial charge in [-0.1, -0.05) is 41.6 Å². The minimum Gasteiger partial charge on any atom is -0.394 e. The molecule has 1 atom stereocenters. The van der Waals surface area contributed by atoms with Gasteiger partial charge in [-0.15, -0.1) is 0 Å². The maximum atomic E-state index is 13.0. The molecule has 2 amide bonds. The molecule has 0 saturated heterocycles. The second kappa shape index (κ2) is 10.9. The maximum Gasteiger partial charge on any atom is 0.253 e. The number of para-hydroxylation sites is 1. The lowest BCUT2D eigenvalue weighted by atomic mass is 10.0. The van der Waals surface area contributed by atoms with Crippen LogP contribution < -0.4 is 10.6 Å². The van der Waals surface area contributed by atoms with Crippen LogP contribution in [0.2, 0.25) is 5.02 Å². The Bertz CT molecular complexity index is 1430. The number of aliphatic hydroxyl groups is 1. The number of aliphatic hydroxyl groups excluding tert-OH is 1. The van der Waals surface area contributed by atoms with E-state index in [1.54, 1.807) is 49.5 Å².